The zero-order valence-electron chi connectivity index (χ0n) is 9.12. The molecule has 82 valence electrons. The van der Waals surface area contributed by atoms with Gasteiger partial charge in [-0.2, -0.15) is 15.0 Å². The first-order valence-corrected chi connectivity index (χ1v) is 5.32. The van der Waals surface area contributed by atoms with Gasteiger partial charge in [0.1, 0.15) is 0 Å². The Morgan fingerprint density at radius 2 is 1.53 bits per heavy atom. The third-order valence-corrected chi connectivity index (χ3v) is 2.02. The van der Waals surface area contributed by atoms with E-state index in [0.717, 1.165) is 32.1 Å². The quantitative estimate of drug-likeness (QED) is 0.689. The zero-order chi connectivity index (χ0) is 10.7. The minimum Gasteiger partial charge on any atom is -0.354 e. The van der Waals surface area contributed by atoms with Gasteiger partial charge >= 0.3 is 0 Å². The summed E-state index contributed by atoms with van der Waals surface area (Å²) in [6.07, 6.45) is 0. The molecule has 0 unspecified atom stereocenters. The number of hydrogen-bond donors (Lipinski definition) is 2. The summed E-state index contributed by atoms with van der Waals surface area (Å²) in [4.78, 5) is 15.0. The smallest absolute Gasteiger partial charge is 0.232 e. The van der Waals surface area contributed by atoms with Crippen molar-refractivity contribution in [3.05, 3.63) is 0 Å². The van der Waals surface area contributed by atoms with Crippen LogP contribution >= 0.6 is 0 Å². The molecule has 2 heterocycles. The van der Waals surface area contributed by atoms with Crippen molar-refractivity contribution in [2.24, 2.45) is 0 Å². The first-order valence-electron chi connectivity index (χ1n) is 5.32. The molecule has 1 aliphatic rings. The minimum atomic E-state index is 0.644. The van der Waals surface area contributed by atoms with Crippen LogP contribution in [0, 0.1) is 0 Å². The first kappa shape index (κ1) is 9.95. The Labute approximate surface area is 89.1 Å². The maximum Gasteiger partial charge on any atom is 0.232 e. The average molecular weight is 208 g/mol. The Morgan fingerprint density at radius 3 is 1.93 bits per heavy atom. The van der Waals surface area contributed by atoms with Gasteiger partial charge in [-0.25, -0.2) is 0 Å². The summed E-state index contributed by atoms with van der Waals surface area (Å²) in [6.45, 7) is 7.76. The van der Waals surface area contributed by atoms with Crippen LogP contribution in [0.5, 0.6) is 0 Å². The summed E-state index contributed by atoms with van der Waals surface area (Å²) < 4.78 is 0. The molecular formula is C9H16N6. The van der Waals surface area contributed by atoms with Crippen LogP contribution in [0.4, 0.5) is 17.8 Å². The fourth-order valence-corrected chi connectivity index (χ4v) is 1.23. The van der Waals surface area contributed by atoms with Crippen molar-refractivity contribution in [1.82, 2.24) is 15.0 Å². The second kappa shape index (κ2) is 4.29. The second-order valence-electron chi connectivity index (χ2n) is 3.33. The van der Waals surface area contributed by atoms with E-state index in [1.165, 1.54) is 0 Å². The van der Waals surface area contributed by atoms with Crippen molar-refractivity contribution in [2.75, 3.05) is 41.7 Å². The van der Waals surface area contributed by atoms with Crippen LogP contribution in [0.2, 0.25) is 0 Å². The number of anilines is 3. The van der Waals surface area contributed by atoms with E-state index in [-0.39, 0.29) is 0 Å². The van der Waals surface area contributed by atoms with Crippen molar-refractivity contribution < 1.29 is 0 Å². The van der Waals surface area contributed by atoms with E-state index in [2.05, 4.69) is 30.5 Å². The molecular weight excluding hydrogens is 192 g/mol. The lowest BCUT2D eigenvalue weighted by Crippen LogP contribution is -2.11. The number of rotatable bonds is 5. The minimum absolute atomic E-state index is 0.644. The molecule has 0 saturated carbocycles. The Bertz CT molecular complexity index is 311. The normalized spacial score (nSPS) is 13.9. The van der Waals surface area contributed by atoms with Gasteiger partial charge in [0.15, 0.2) is 0 Å². The average Bonchev–Trinajstić information content (AvgIpc) is 3.01. The highest BCUT2D eigenvalue weighted by molar-refractivity contribution is 5.46. The van der Waals surface area contributed by atoms with Gasteiger partial charge in [0.25, 0.3) is 0 Å². The van der Waals surface area contributed by atoms with Crippen LogP contribution in [0.25, 0.3) is 0 Å². The van der Waals surface area contributed by atoms with Gasteiger partial charge in [-0.1, -0.05) is 0 Å². The third kappa shape index (κ3) is 2.45. The summed E-state index contributed by atoms with van der Waals surface area (Å²) in [5.74, 6) is 2.05. The molecule has 0 bridgehead atoms. The number of aromatic nitrogens is 3. The maximum absolute atomic E-state index is 4.32. The fourth-order valence-electron chi connectivity index (χ4n) is 1.23. The van der Waals surface area contributed by atoms with Gasteiger partial charge in [0.05, 0.1) is 0 Å². The maximum atomic E-state index is 4.32. The molecule has 1 aliphatic heterocycles. The van der Waals surface area contributed by atoms with Crippen LogP contribution in [0.15, 0.2) is 0 Å². The number of nitrogens with one attached hydrogen (secondary N) is 2. The van der Waals surface area contributed by atoms with Gasteiger partial charge in [-0.05, 0) is 13.8 Å². The molecule has 2 N–H and O–H groups in total. The van der Waals surface area contributed by atoms with Gasteiger partial charge in [0, 0.05) is 26.2 Å². The van der Waals surface area contributed by atoms with Crippen LogP contribution in [0.1, 0.15) is 13.8 Å². The van der Waals surface area contributed by atoms with Gasteiger partial charge in [-0.3, -0.25) is 0 Å². The monoisotopic (exact) mass is 208 g/mol. The Hall–Kier alpha value is -1.59. The molecule has 0 aromatic carbocycles. The number of nitrogens with zero attached hydrogens (tertiary/aromatic N) is 4. The molecule has 15 heavy (non-hydrogen) atoms. The van der Waals surface area contributed by atoms with E-state index in [0.29, 0.717) is 11.9 Å². The molecule has 2 rings (SSSR count). The van der Waals surface area contributed by atoms with E-state index in [1.54, 1.807) is 0 Å². The van der Waals surface area contributed by atoms with Crippen LogP contribution in [0.3, 0.4) is 0 Å². The summed E-state index contributed by atoms with van der Waals surface area (Å²) in [7, 11) is 0. The topological polar surface area (TPSA) is 65.7 Å². The lowest BCUT2D eigenvalue weighted by atomic mass is 10.7. The summed E-state index contributed by atoms with van der Waals surface area (Å²) in [5.41, 5.74) is 0. The van der Waals surface area contributed by atoms with E-state index in [9.17, 15) is 0 Å². The highest BCUT2D eigenvalue weighted by Gasteiger charge is 2.22. The Balaban J connectivity index is 2.21. The highest BCUT2D eigenvalue weighted by atomic mass is 15.4. The molecule has 0 spiro atoms. The van der Waals surface area contributed by atoms with Crippen molar-refractivity contribution in [1.29, 1.82) is 0 Å². The molecule has 0 aliphatic carbocycles. The van der Waals surface area contributed by atoms with Crippen molar-refractivity contribution in [3.8, 4) is 0 Å². The SMILES string of the molecule is CCNc1nc(NCC)nc(N2CC2)n1. The van der Waals surface area contributed by atoms with Crippen LogP contribution < -0.4 is 15.5 Å². The predicted octanol–water partition coefficient (Wildman–Crippen LogP) is 0.555. The van der Waals surface area contributed by atoms with E-state index < -0.39 is 0 Å². The Kier molecular flexibility index (Phi) is 2.84. The van der Waals surface area contributed by atoms with Gasteiger partial charge in [-0.15, -0.1) is 0 Å². The highest BCUT2D eigenvalue weighted by Crippen LogP contribution is 2.18. The fraction of sp³-hybridized carbons (Fsp3) is 0.667. The van der Waals surface area contributed by atoms with Crippen molar-refractivity contribution in [2.45, 2.75) is 13.8 Å². The summed E-state index contributed by atoms with van der Waals surface area (Å²) in [5, 5.41) is 6.20. The van der Waals surface area contributed by atoms with Crippen molar-refractivity contribution in [3.63, 3.8) is 0 Å². The van der Waals surface area contributed by atoms with Gasteiger partial charge in [0.2, 0.25) is 17.8 Å². The van der Waals surface area contributed by atoms with Crippen LogP contribution in [-0.2, 0) is 0 Å². The molecule has 0 atom stereocenters. The molecule has 1 aromatic rings. The second-order valence-corrected chi connectivity index (χ2v) is 3.33. The molecule has 0 amide bonds. The van der Waals surface area contributed by atoms with Gasteiger partial charge < -0.3 is 15.5 Å². The zero-order valence-corrected chi connectivity index (χ0v) is 9.12. The lowest BCUT2D eigenvalue weighted by molar-refractivity contribution is 0.985. The van der Waals surface area contributed by atoms with E-state index in [4.69, 9.17) is 0 Å². The lowest BCUT2D eigenvalue weighted by Gasteiger charge is -2.08. The van der Waals surface area contributed by atoms with E-state index in [1.807, 2.05) is 13.8 Å². The summed E-state index contributed by atoms with van der Waals surface area (Å²) >= 11 is 0. The summed E-state index contributed by atoms with van der Waals surface area (Å²) in [6, 6.07) is 0. The molecule has 6 nitrogen and oxygen atoms in total. The third-order valence-electron chi connectivity index (χ3n) is 2.02. The molecule has 1 aromatic heterocycles. The standard InChI is InChI=1S/C9H16N6/c1-3-10-7-12-8(11-4-2)14-9(13-7)15-5-6-15/h3-6H2,1-2H3,(H2,10,11,12,13,14). The largest absolute Gasteiger partial charge is 0.354 e. The van der Waals surface area contributed by atoms with E-state index >= 15 is 0 Å². The van der Waals surface area contributed by atoms with Crippen LogP contribution in [-0.4, -0.2) is 41.1 Å². The Morgan fingerprint density at radius 1 is 1.00 bits per heavy atom. The first-order chi connectivity index (χ1) is 7.33. The molecule has 0 radical (unpaired) electrons. The molecule has 1 saturated heterocycles. The number of hydrogen-bond acceptors (Lipinski definition) is 6. The molecule has 6 heteroatoms. The van der Waals surface area contributed by atoms with Crippen molar-refractivity contribution >= 4 is 17.8 Å². The predicted molar refractivity (Wildman–Crippen MR) is 60.4 cm³/mol. The molecule has 1 fully saturated rings.